The van der Waals surface area contributed by atoms with Gasteiger partial charge in [-0.1, -0.05) is 54.1 Å². The van der Waals surface area contributed by atoms with Gasteiger partial charge >= 0.3 is 0 Å². The highest BCUT2D eigenvalue weighted by molar-refractivity contribution is 6.30. The maximum atomic E-state index is 10.8. The van der Waals surface area contributed by atoms with Gasteiger partial charge in [0, 0.05) is 10.6 Å². The van der Waals surface area contributed by atoms with Crippen molar-refractivity contribution in [3.63, 3.8) is 0 Å². The number of benzene rings is 3. The van der Waals surface area contributed by atoms with E-state index in [0.717, 1.165) is 27.4 Å². The second kappa shape index (κ2) is 7.51. The van der Waals surface area contributed by atoms with E-state index in [1.165, 1.54) is 0 Å². The summed E-state index contributed by atoms with van der Waals surface area (Å²) in [5, 5.41) is 12.5. The van der Waals surface area contributed by atoms with Gasteiger partial charge in [0.2, 0.25) is 0 Å². The van der Waals surface area contributed by atoms with Crippen molar-refractivity contribution in [2.75, 3.05) is 5.06 Å². The molecule has 1 N–H and O–H groups in total. The highest BCUT2D eigenvalue weighted by Crippen LogP contribution is 2.25. The SMILES string of the molecule is Cc1cccc(N=C(c2ccccc2)N(O)c2ccc(Cl)cc2)c1C. The van der Waals surface area contributed by atoms with Crippen molar-refractivity contribution in [3.05, 3.63) is 94.5 Å². The monoisotopic (exact) mass is 350 g/mol. The van der Waals surface area contributed by atoms with Gasteiger partial charge in [-0.2, -0.15) is 0 Å². The Hall–Kier alpha value is -2.62. The second-order valence-electron chi connectivity index (χ2n) is 5.81. The van der Waals surface area contributed by atoms with E-state index in [-0.39, 0.29) is 0 Å². The molecule has 0 atom stereocenters. The summed E-state index contributed by atoms with van der Waals surface area (Å²) in [4.78, 5) is 4.75. The van der Waals surface area contributed by atoms with E-state index in [9.17, 15) is 5.21 Å². The molecule has 0 aliphatic heterocycles. The van der Waals surface area contributed by atoms with Crippen LogP contribution in [0.25, 0.3) is 0 Å². The lowest BCUT2D eigenvalue weighted by Crippen LogP contribution is -2.27. The van der Waals surface area contributed by atoms with Gasteiger partial charge in [0.05, 0.1) is 11.4 Å². The lowest BCUT2D eigenvalue weighted by Gasteiger charge is -2.20. The third-order valence-corrected chi connectivity index (χ3v) is 4.36. The molecule has 126 valence electrons. The molecule has 0 aliphatic rings. The van der Waals surface area contributed by atoms with Gasteiger partial charge in [0.1, 0.15) is 0 Å². The Kier molecular flexibility index (Phi) is 5.17. The van der Waals surface area contributed by atoms with Crippen molar-refractivity contribution in [2.24, 2.45) is 4.99 Å². The van der Waals surface area contributed by atoms with Crippen LogP contribution in [-0.2, 0) is 0 Å². The average Bonchev–Trinajstić information content (AvgIpc) is 2.64. The number of aryl methyl sites for hydroxylation is 1. The quantitative estimate of drug-likeness (QED) is 0.361. The van der Waals surface area contributed by atoms with Crippen LogP contribution in [0, 0.1) is 13.8 Å². The third kappa shape index (κ3) is 3.90. The smallest absolute Gasteiger partial charge is 0.165 e. The fraction of sp³-hybridized carbons (Fsp3) is 0.0952. The minimum atomic E-state index is 0.455. The number of anilines is 1. The van der Waals surface area contributed by atoms with Crippen LogP contribution in [0.5, 0.6) is 0 Å². The molecule has 0 saturated carbocycles. The molecule has 3 nitrogen and oxygen atoms in total. The lowest BCUT2D eigenvalue weighted by molar-refractivity contribution is 0.313. The highest BCUT2D eigenvalue weighted by atomic mass is 35.5. The third-order valence-electron chi connectivity index (χ3n) is 4.11. The minimum Gasteiger partial charge on any atom is -0.282 e. The van der Waals surface area contributed by atoms with Gasteiger partial charge in [-0.05, 0) is 55.3 Å². The normalized spacial score (nSPS) is 11.4. The van der Waals surface area contributed by atoms with Crippen LogP contribution in [0.2, 0.25) is 5.02 Å². The Balaban J connectivity index is 2.11. The maximum absolute atomic E-state index is 10.8. The van der Waals surface area contributed by atoms with Gasteiger partial charge < -0.3 is 0 Å². The van der Waals surface area contributed by atoms with Gasteiger partial charge in [-0.15, -0.1) is 0 Å². The van der Waals surface area contributed by atoms with Gasteiger partial charge in [-0.25, -0.2) is 10.1 Å². The van der Waals surface area contributed by atoms with Crippen LogP contribution >= 0.6 is 11.6 Å². The topological polar surface area (TPSA) is 35.8 Å². The minimum absolute atomic E-state index is 0.455. The Morgan fingerprint density at radius 1 is 0.880 bits per heavy atom. The predicted octanol–water partition coefficient (Wildman–Crippen LogP) is 5.93. The van der Waals surface area contributed by atoms with E-state index in [1.54, 1.807) is 24.3 Å². The van der Waals surface area contributed by atoms with Crippen LogP contribution in [0.4, 0.5) is 11.4 Å². The van der Waals surface area contributed by atoms with E-state index < -0.39 is 0 Å². The van der Waals surface area contributed by atoms with Crippen molar-refractivity contribution in [3.8, 4) is 0 Å². The molecule has 0 radical (unpaired) electrons. The first-order valence-electron chi connectivity index (χ1n) is 8.01. The summed E-state index contributed by atoms with van der Waals surface area (Å²) in [5.41, 5.74) is 4.48. The Morgan fingerprint density at radius 2 is 1.56 bits per heavy atom. The number of aliphatic imine (C=N–C) groups is 1. The number of nitrogens with zero attached hydrogens (tertiary/aromatic N) is 2. The van der Waals surface area contributed by atoms with Crippen molar-refractivity contribution in [1.29, 1.82) is 0 Å². The van der Waals surface area contributed by atoms with Crippen molar-refractivity contribution >= 4 is 28.8 Å². The predicted molar refractivity (Wildman–Crippen MR) is 104 cm³/mol. The van der Waals surface area contributed by atoms with Crippen molar-refractivity contribution in [1.82, 2.24) is 0 Å². The molecular formula is C21H19ClN2O. The summed E-state index contributed by atoms with van der Waals surface area (Å²) in [5.74, 6) is 0.455. The van der Waals surface area contributed by atoms with Crippen LogP contribution in [0.15, 0.2) is 77.8 Å². The summed E-state index contributed by atoms with van der Waals surface area (Å²) < 4.78 is 0. The van der Waals surface area contributed by atoms with Crippen LogP contribution < -0.4 is 5.06 Å². The van der Waals surface area contributed by atoms with E-state index in [1.807, 2.05) is 62.4 Å². The molecule has 3 aromatic carbocycles. The van der Waals surface area contributed by atoms with Crippen molar-refractivity contribution < 1.29 is 5.21 Å². The molecule has 25 heavy (non-hydrogen) atoms. The molecule has 0 unspecified atom stereocenters. The first-order valence-corrected chi connectivity index (χ1v) is 8.39. The Bertz CT molecular complexity index is 890. The van der Waals surface area contributed by atoms with Crippen LogP contribution in [0.1, 0.15) is 16.7 Å². The molecule has 3 rings (SSSR count). The van der Waals surface area contributed by atoms with E-state index >= 15 is 0 Å². The number of rotatable bonds is 3. The molecule has 3 aromatic rings. The summed E-state index contributed by atoms with van der Waals surface area (Å²) in [6.07, 6.45) is 0. The zero-order chi connectivity index (χ0) is 17.8. The summed E-state index contributed by atoms with van der Waals surface area (Å²) in [6.45, 7) is 4.08. The first-order chi connectivity index (χ1) is 12.1. The van der Waals surface area contributed by atoms with Gasteiger partial charge in [0.25, 0.3) is 0 Å². The molecule has 0 spiro atoms. The van der Waals surface area contributed by atoms with Gasteiger partial charge in [-0.3, -0.25) is 5.21 Å². The number of halogens is 1. The second-order valence-corrected chi connectivity index (χ2v) is 6.25. The number of hydroxylamine groups is 1. The molecule has 0 aromatic heterocycles. The number of hydrogen-bond donors (Lipinski definition) is 1. The summed E-state index contributed by atoms with van der Waals surface area (Å²) in [7, 11) is 0. The Labute approximate surface area is 152 Å². The lowest BCUT2D eigenvalue weighted by atomic mass is 10.1. The zero-order valence-corrected chi connectivity index (χ0v) is 14.9. The molecule has 0 saturated heterocycles. The summed E-state index contributed by atoms with van der Waals surface area (Å²) in [6, 6.07) is 22.6. The van der Waals surface area contributed by atoms with Crippen LogP contribution in [-0.4, -0.2) is 11.0 Å². The molecule has 0 amide bonds. The van der Waals surface area contributed by atoms with E-state index in [2.05, 4.69) is 0 Å². The molecule has 0 heterocycles. The van der Waals surface area contributed by atoms with Crippen LogP contribution in [0.3, 0.4) is 0 Å². The number of hydrogen-bond acceptors (Lipinski definition) is 2. The average molecular weight is 351 g/mol. The van der Waals surface area contributed by atoms with Gasteiger partial charge in [0.15, 0.2) is 5.84 Å². The first kappa shape index (κ1) is 17.2. The highest BCUT2D eigenvalue weighted by Gasteiger charge is 2.15. The molecule has 0 bridgehead atoms. The standard InChI is InChI=1S/C21H19ClN2O/c1-15-7-6-10-20(16(15)2)23-21(17-8-4-3-5-9-17)24(25)19-13-11-18(22)12-14-19/h3-14,25H,1-2H3. The maximum Gasteiger partial charge on any atom is 0.165 e. The fourth-order valence-electron chi connectivity index (χ4n) is 2.50. The fourth-order valence-corrected chi connectivity index (χ4v) is 2.62. The largest absolute Gasteiger partial charge is 0.282 e. The van der Waals surface area contributed by atoms with Crippen molar-refractivity contribution in [2.45, 2.75) is 13.8 Å². The number of amidine groups is 1. The Morgan fingerprint density at radius 3 is 2.24 bits per heavy atom. The molecule has 0 fully saturated rings. The molecule has 0 aliphatic carbocycles. The zero-order valence-electron chi connectivity index (χ0n) is 14.1. The van der Waals surface area contributed by atoms with E-state index in [0.29, 0.717) is 16.5 Å². The molecular weight excluding hydrogens is 332 g/mol. The molecule has 4 heteroatoms. The van der Waals surface area contributed by atoms with E-state index in [4.69, 9.17) is 16.6 Å². The summed E-state index contributed by atoms with van der Waals surface area (Å²) >= 11 is 5.95.